The van der Waals surface area contributed by atoms with Gasteiger partial charge in [0.1, 0.15) is 6.17 Å². The van der Waals surface area contributed by atoms with Gasteiger partial charge in [-0.3, -0.25) is 10.1 Å². The van der Waals surface area contributed by atoms with E-state index in [4.69, 9.17) is 0 Å². The van der Waals surface area contributed by atoms with Gasteiger partial charge >= 0.3 is 0 Å². The van der Waals surface area contributed by atoms with Crippen LogP contribution >= 0.6 is 11.8 Å². The topological polar surface area (TPSA) is 32.3 Å². The molecule has 0 aliphatic carbocycles. The van der Waals surface area contributed by atoms with Gasteiger partial charge in [0.25, 0.3) is 0 Å². The van der Waals surface area contributed by atoms with Gasteiger partial charge in [-0.1, -0.05) is 36.8 Å². The molecule has 0 bridgehead atoms. The predicted octanol–water partition coefficient (Wildman–Crippen LogP) is 2.96. The van der Waals surface area contributed by atoms with Crippen LogP contribution in [0.4, 0.5) is 0 Å². The number of carbonyl (C=O) groups is 1. The molecule has 1 aromatic rings. The molecule has 0 spiro atoms. The Kier molecular flexibility index (Phi) is 4.76. The molecular weight excluding hydrogens is 268 g/mol. The molecule has 1 amide bonds. The first-order valence-corrected chi connectivity index (χ1v) is 8.55. The van der Waals surface area contributed by atoms with Gasteiger partial charge in [0, 0.05) is 12.3 Å². The summed E-state index contributed by atoms with van der Waals surface area (Å²) < 4.78 is 0. The van der Waals surface area contributed by atoms with Crippen LogP contribution in [0.15, 0.2) is 24.3 Å². The van der Waals surface area contributed by atoms with Crippen LogP contribution in [0.2, 0.25) is 0 Å². The zero-order valence-corrected chi connectivity index (χ0v) is 13.6. The number of nitrogens with one attached hydrogen (secondary N) is 1. The van der Waals surface area contributed by atoms with E-state index in [-0.39, 0.29) is 12.1 Å². The Morgan fingerprint density at radius 2 is 2.00 bits per heavy atom. The summed E-state index contributed by atoms with van der Waals surface area (Å²) in [4.78, 5) is 14.7. The Morgan fingerprint density at radius 3 is 2.55 bits per heavy atom. The summed E-state index contributed by atoms with van der Waals surface area (Å²) in [6.45, 7) is 6.95. The second-order valence-electron chi connectivity index (χ2n) is 5.63. The molecule has 1 fully saturated rings. The average molecular weight is 292 g/mol. The number of rotatable bonds is 5. The molecule has 1 saturated heterocycles. The van der Waals surface area contributed by atoms with E-state index in [9.17, 15) is 4.79 Å². The number of aryl methyl sites for hydroxylation is 1. The van der Waals surface area contributed by atoms with Crippen LogP contribution < -0.4 is 5.32 Å². The number of amides is 1. The highest BCUT2D eigenvalue weighted by Crippen LogP contribution is 2.32. The molecule has 1 heterocycles. The van der Waals surface area contributed by atoms with E-state index < -0.39 is 5.54 Å². The number of nitrogens with zero attached hydrogens (tertiary/aromatic N) is 1. The van der Waals surface area contributed by atoms with Gasteiger partial charge in [-0.15, -0.1) is 0 Å². The van der Waals surface area contributed by atoms with Gasteiger partial charge in [0.15, 0.2) is 0 Å². The SMILES string of the molecule is CCC1(C)NC(c2ccc(C)cc2)N(CCSC)C1=O. The lowest BCUT2D eigenvalue weighted by Crippen LogP contribution is -2.43. The highest BCUT2D eigenvalue weighted by atomic mass is 32.2. The summed E-state index contributed by atoms with van der Waals surface area (Å²) >= 11 is 1.78. The number of hydrogen-bond acceptors (Lipinski definition) is 3. The standard InChI is InChI=1S/C16H24N2OS/c1-5-16(3)15(19)18(10-11-20-4)14(17-16)13-8-6-12(2)7-9-13/h6-9,14,17H,5,10-11H2,1-4H3. The van der Waals surface area contributed by atoms with Crippen molar-refractivity contribution in [3.63, 3.8) is 0 Å². The molecule has 0 saturated carbocycles. The van der Waals surface area contributed by atoms with E-state index in [1.807, 2.05) is 11.8 Å². The monoisotopic (exact) mass is 292 g/mol. The maximum Gasteiger partial charge on any atom is 0.244 e. The summed E-state index contributed by atoms with van der Waals surface area (Å²) in [6.07, 6.45) is 2.89. The maximum atomic E-state index is 12.7. The van der Waals surface area contributed by atoms with Crippen LogP contribution in [0, 0.1) is 6.92 Å². The summed E-state index contributed by atoms with van der Waals surface area (Å²) in [5.74, 6) is 1.19. The molecule has 0 aromatic heterocycles. The molecule has 4 heteroatoms. The van der Waals surface area contributed by atoms with Gasteiger partial charge in [0.05, 0.1) is 5.54 Å². The summed E-state index contributed by atoms with van der Waals surface area (Å²) in [5, 5.41) is 3.53. The van der Waals surface area contributed by atoms with Crippen LogP contribution in [-0.2, 0) is 4.79 Å². The quantitative estimate of drug-likeness (QED) is 0.905. The zero-order chi connectivity index (χ0) is 14.8. The molecule has 3 nitrogen and oxygen atoms in total. The highest BCUT2D eigenvalue weighted by Gasteiger charge is 2.46. The zero-order valence-electron chi connectivity index (χ0n) is 12.8. The molecule has 2 atom stereocenters. The first-order valence-electron chi connectivity index (χ1n) is 7.16. The second kappa shape index (κ2) is 6.19. The van der Waals surface area contributed by atoms with Gasteiger partial charge in [-0.05, 0) is 32.1 Å². The lowest BCUT2D eigenvalue weighted by atomic mass is 9.99. The minimum Gasteiger partial charge on any atom is -0.320 e. The predicted molar refractivity (Wildman–Crippen MR) is 85.8 cm³/mol. The number of thioether (sulfide) groups is 1. The second-order valence-corrected chi connectivity index (χ2v) is 6.62. The van der Waals surface area contributed by atoms with Gasteiger partial charge < -0.3 is 4.90 Å². The molecule has 1 aliphatic rings. The van der Waals surface area contributed by atoms with E-state index in [1.54, 1.807) is 11.8 Å². The Bertz CT molecular complexity index is 474. The Labute approximate surface area is 126 Å². The molecule has 2 rings (SSSR count). The Hall–Kier alpha value is -1.00. The fourth-order valence-corrected chi connectivity index (χ4v) is 2.94. The first-order chi connectivity index (χ1) is 9.51. The van der Waals surface area contributed by atoms with Crippen molar-refractivity contribution in [2.45, 2.75) is 38.9 Å². The van der Waals surface area contributed by atoms with Crippen LogP contribution in [0.1, 0.15) is 37.6 Å². The smallest absolute Gasteiger partial charge is 0.244 e. The molecule has 1 N–H and O–H groups in total. The molecule has 1 aliphatic heterocycles. The van der Waals surface area contributed by atoms with Gasteiger partial charge in [-0.25, -0.2) is 0 Å². The fourth-order valence-electron chi connectivity index (χ4n) is 2.56. The van der Waals surface area contributed by atoms with Crippen molar-refractivity contribution in [3.8, 4) is 0 Å². The number of carbonyl (C=O) groups excluding carboxylic acids is 1. The van der Waals surface area contributed by atoms with Crippen LogP contribution in [0.25, 0.3) is 0 Å². The Morgan fingerprint density at radius 1 is 1.35 bits per heavy atom. The third kappa shape index (κ3) is 2.86. The molecule has 2 unspecified atom stereocenters. The van der Waals surface area contributed by atoms with Crippen molar-refractivity contribution < 1.29 is 4.79 Å². The normalized spacial score (nSPS) is 26.3. The first kappa shape index (κ1) is 15.4. The van der Waals surface area contributed by atoms with E-state index >= 15 is 0 Å². The van der Waals surface area contributed by atoms with Gasteiger partial charge in [0.2, 0.25) is 5.91 Å². The Balaban J connectivity index is 2.28. The minimum absolute atomic E-state index is 0.000185. The summed E-state index contributed by atoms with van der Waals surface area (Å²) in [7, 11) is 0. The average Bonchev–Trinajstić information content (AvgIpc) is 2.71. The lowest BCUT2D eigenvalue weighted by Gasteiger charge is -2.24. The van der Waals surface area contributed by atoms with Crippen molar-refractivity contribution in [3.05, 3.63) is 35.4 Å². The van der Waals surface area contributed by atoms with E-state index in [2.05, 4.69) is 49.7 Å². The molecular formula is C16H24N2OS. The van der Waals surface area contributed by atoms with Crippen LogP contribution in [0.3, 0.4) is 0 Å². The van der Waals surface area contributed by atoms with Crippen LogP contribution in [-0.4, -0.2) is 34.9 Å². The molecule has 20 heavy (non-hydrogen) atoms. The fraction of sp³-hybridized carbons (Fsp3) is 0.562. The van der Waals surface area contributed by atoms with Crippen molar-refractivity contribution >= 4 is 17.7 Å². The third-order valence-corrected chi connectivity index (χ3v) is 4.73. The van der Waals surface area contributed by atoms with Crippen molar-refractivity contribution in [2.24, 2.45) is 0 Å². The van der Waals surface area contributed by atoms with Crippen molar-refractivity contribution in [1.29, 1.82) is 0 Å². The number of benzene rings is 1. The van der Waals surface area contributed by atoms with E-state index in [0.29, 0.717) is 0 Å². The molecule has 0 radical (unpaired) electrons. The van der Waals surface area contributed by atoms with Crippen LogP contribution in [0.5, 0.6) is 0 Å². The van der Waals surface area contributed by atoms with E-state index in [1.165, 1.54) is 11.1 Å². The summed E-state index contributed by atoms with van der Waals surface area (Å²) in [5.41, 5.74) is 1.97. The molecule has 1 aromatic carbocycles. The third-order valence-electron chi connectivity index (χ3n) is 4.14. The number of hydrogen-bond donors (Lipinski definition) is 1. The van der Waals surface area contributed by atoms with Crippen molar-refractivity contribution in [2.75, 3.05) is 18.6 Å². The molecule has 110 valence electrons. The summed E-state index contributed by atoms with van der Waals surface area (Å²) in [6, 6.07) is 8.45. The highest BCUT2D eigenvalue weighted by molar-refractivity contribution is 7.98. The van der Waals surface area contributed by atoms with Crippen molar-refractivity contribution in [1.82, 2.24) is 10.2 Å². The lowest BCUT2D eigenvalue weighted by molar-refractivity contribution is -0.132. The minimum atomic E-state index is -0.437. The van der Waals surface area contributed by atoms with Gasteiger partial charge in [-0.2, -0.15) is 11.8 Å². The largest absolute Gasteiger partial charge is 0.320 e. The maximum absolute atomic E-state index is 12.7. The van der Waals surface area contributed by atoms with E-state index in [0.717, 1.165) is 18.7 Å².